The molecule has 3 amide bonds. The van der Waals surface area contributed by atoms with Crippen LogP contribution in [0.3, 0.4) is 0 Å². The number of thiazole rings is 1. The molecule has 3 heterocycles. The number of pyridine rings is 1. The van der Waals surface area contributed by atoms with Gasteiger partial charge in [0, 0.05) is 60.7 Å². The summed E-state index contributed by atoms with van der Waals surface area (Å²) in [5, 5.41) is 24.1. The molecule has 6 N–H and O–H groups in total. The number of unbranched alkanes of at least 4 members (excludes halogenated alkanes) is 4. The number of aromatic nitrogens is 2. The Kier molecular flexibility index (Phi) is 14.1. The highest BCUT2D eigenvalue weighted by Gasteiger charge is 2.61. The number of nitrogens with one attached hydrogen (secondary N) is 5. The third-order valence-corrected chi connectivity index (χ3v) is 12.5. The van der Waals surface area contributed by atoms with Crippen LogP contribution in [0.15, 0.2) is 71.5 Å². The number of benzene rings is 2. The van der Waals surface area contributed by atoms with E-state index >= 15 is 0 Å². The van der Waals surface area contributed by atoms with Crippen LogP contribution in [0.5, 0.6) is 11.5 Å². The van der Waals surface area contributed by atoms with Gasteiger partial charge in [-0.3, -0.25) is 19.2 Å². The SMILES string of the molecule is C=C[C@@H]1C[C@]1(NC(=O)[C@@H]1C[C@@H](Oc2cc(-c3csc(NC(C)C)n3)nc3cc(OC)ccc23)CN1)C(=O)NS(=O)(=O)c1ccccc1NC(=O)CCCCCCCC(=O)O. The van der Waals surface area contributed by atoms with Gasteiger partial charge in [-0.2, -0.15) is 0 Å². The first-order valence-corrected chi connectivity index (χ1v) is 22.3. The number of rotatable bonds is 21. The van der Waals surface area contributed by atoms with E-state index in [0.29, 0.717) is 47.8 Å². The fourth-order valence-corrected chi connectivity index (χ4v) is 9.18. The lowest BCUT2D eigenvalue weighted by molar-refractivity contribution is -0.137. The van der Waals surface area contributed by atoms with Gasteiger partial charge in [-0.25, -0.2) is 23.1 Å². The van der Waals surface area contributed by atoms with Gasteiger partial charge in [0.25, 0.3) is 15.9 Å². The average Bonchev–Trinajstić information content (AvgIpc) is 3.45. The molecule has 4 atom stereocenters. The smallest absolute Gasteiger partial charge is 0.303 e. The van der Waals surface area contributed by atoms with Crippen molar-refractivity contribution in [1.29, 1.82) is 0 Å². The number of anilines is 2. The average molecular weight is 862 g/mol. The summed E-state index contributed by atoms with van der Waals surface area (Å²) < 4.78 is 41.4. The van der Waals surface area contributed by atoms with E-state index in [1.54, 1.807) is 13.2 Å². The normalized spacial score (nSPS) is 19.7. The van der Waals surface area contributed by atoms with Crippen molar-refractivity contribution in [1.82, 2.24) is 25.3 Å². The monoisotopic (exact) mass is 861 g/mol. The third kappa shape index (κ3) is 10.8. The lowest BCUT2D eigenvalue weighted by Gasteiger charge is -2.21. The molecule has 0 bridgehead atoms. The number of ether oxygens (including phenoxy) is 2. The third-order valence-electron chi connectivity index (χ3n) is 10.4. The molecule has 320 valence electrons. The predicted octanol–water partition coefficient (Wildman–Crippen LogP) is 5.62. The van der Waals surface area contributed by atoms with Crippen LogP contribution >= 0.6 is 11.3 Å². The van der Waals surface area contributed by atoms with Crippen LogP contribution in [-0.4, -0.2) is 84.6 Å². The summed E-state index contributed by atoms with van der Waals surface area (Å²) in [4.78, 5) is 60.2. The van der Waals surface area contributed by atoms with Gasteiger partial charge in [-0.15, -0.1) is 17.9 Å². The maximum absolute atomic E-state index is 13.8. The molecular weight excluding hydrogens is 811 g/mol. The van der Waals surface area contributed by atoms with Crippen molar-refractivity contribution in [2.24, 2.45) is 5.92 Å². The van der Waals surface area contributed by atoms with Crippen LogP contribution in [0.1, 0.15) is 71.6 Å². The number of carboxylic acid groups (broad SMARTS) is 1. The summed E-state index contributed by atoms with van der Waals surface area (Å²) in [6, 6.07) is 12.5. The van der Waals surface area contributed by atoms with E-state index in [1.807, 2.05) is 43.5 Å². The topological polar surface area (TPSA) is 227 Å². The van der Waals surface area contributed by atoms with Gasteiger partial charge < -0.3 is 35.8 Å². The molecule has 2 fully saturated rings. The maximum Gasteiger partial charge on any atom is 0.303 e. The first-order chi connectivity index (χ1) is 28.7. The van der Waals surface area contributed by atoms with Crippen molar-refractivity contribution >= 4 is 66.8 Å². The summed E-state index contributed by atoms with van der Waals surface area (Å²) in [5.74, 6) is -2.00. The number of carbonyl (C=O) groups is 4. The first kappa shape index (κ1) is 44.0. The summed E-state index contributed by atoms with van der Waals surface area (Å²) in [5.41, 5.74) is 0.376. The second kappa shape index (κ2) is 19.2. The molecule has 6 rings (SSSR count). The minimum Gasteiger partial charge on any atom is -0.497 e. The van der Waals surface area contributed by atoms with Crippen LogP contribution in [0.2, 0.25) is 0 Å². The number of carbonyl (C=O) groups excluding carboxylic acids is 3. The van der Waals surface area contributed by atoms with Crippen LogP contribution in [-0.2, 0) is 29.2 Å². The second-order valence-corrected chi connectivity index (χ2v) is 17.8. The number of methoxy groups -OCH3 is 1. The van der Waals surface area contributed by atoms with Crippen molar-refractivity contribution in [2.75, 3.05) is 24.3 Å². The first-order valence-electron chi connectivity index (χ1n) is 19.9. The molecule has 4 aromatic rings. The van der Waals surface area contributed by atoms with Crippen molar-refractivity contribution in [3.8, 4) is 22.9 Å². The van der Waals surface area contributed by atoms with Gasteiger partial charge in [0.1, 0.15) is 33.7 Å². The lowest BCUT2D eigenvalue weighted by Crippen LogP contribution is -2.55. The largest absolute Gasteiger partial charge is 0.497 e. The van der Waals surface area contributed by atoms with Crippen molar-refractivity contribution in [2.45, 2.75) is 100 Å². The second-order valence-electron chi connectivity index (χ2n) is 15.3. The van der Waals surface area contributed by atoms with Gasteiger partial charge in [-0.05, 0) is 57.4 Å². The number of sulfonamides is 1. The number of para-hydroxylation sites is 1. The predicted molar refractivity (Wildman–Crippen MR) is 229 cm³/mol. The fourth-order valence-electron chi connectivity index (χ4n) is 7.13. The van der Waals surface area contributed by atoms with Gasteiger partial charge in [0.15, 0.2) is 5.13 Å². The summed E-state index contributed by atoms with van der Waals surface area (Å²) >= 11 is 1.47. The van der Waals surface area contributed by atoms with Gasteiger partial charge in [-0.1, -0.05) is 37.5 Å². The lowest BCUT2D eigenvalue weighted by atomic mass is 10.1. The zero-order valence-electron chi connectivity index (χ0n) is 33.8. The molecular formula is C42H51N7O9S2. The van der Waals surface area contributed by atoms with Gasteiger partial charge in [0.2, 0.25) is 11.8 Å². The molecule has 2 aliphatic rings. The quantitative estimate of drug-likeness (QED) is 0.0443. The highest BCUT2D eigenvalue weighted by molar-refractivity contribution is 7.90. The van der Waals surface area contributed by atoms with E-state index in [4.69, 9.17) is 24.5 Å². The Bertz CT molecular complexity index is 2350. The Morgan fingerprint density at radius 1 is 1.03 bits per heavy atom. The van der Waals surface area contributed by atoms with Crippen molar-refractivity contribution in [3.63, 3.8) is 0 Å². The fraction of sp³-hybridized carbons (Fsp3) is 0.429. The minimum atomic E-state index is -4.51. The van der Waals surface area contributed by atoms with Gasteiger partial charge >= 0.3 is 5.97 Å². The molecule has 1 saturated carbocycles. The molecule has 1 aliphatic carbocycles. The van der Waals surface area contributed by atoms with Crippen LogP contribution in [0, 0.1) is 5.92 Å². The van der Waals surface area contributed by atoms with Crippen molar-refractivity contribution < 1.29 is 42.2 Å². The van der Waals surface area contributed by atoms with E-state index in [0.717, 1.165) is 29.8 Å². The van der Waals surface area contributed by atoms with Gasteiger partial charge in [0.05, 0.1) is 30.0 Å². The Morgan fingerprint density at radius 2 is 1.78 bits per heavy atom. The summed E-state index contributed by atoms with van der Waals surface area (Å²) in [7, 11) is -2.92. The Labute approximate surface area is 353 Å². The molecule has 1 aliphatic heterocycles. The van der Waals surface area contributed by atoms with E-state index in [1.165, 1.54) is 35.6 Å². The van der Waals surface area contributed by atoms with E-state index < -0.39 is 57.3 Å². The minimum absolute atomic E-state index is 0.00677. The summed E-state index contributed by atoms with van der Waals surface area (Å²) in [6.45, 7) is 8.18. The molecule has 0 spiro atoms. The Balaban J connectivity index is 1.09. The molecule has 60 heavy (non-hydrogen) atoms. The number of hydrogen-bond acceptors (Lipinski definition) is 13. The highest BCUT2D eigenvalue weighted by atomic mass is 32.2. The van der Waals surface area contributed by atoms with E-state index in [9.17, 15) is 27.6 Å². The molecule has 2 aromatic carbocycles. The standard InChI is InChI=1S/C42H51N7O9S2/c1-5-26-22-42(26,40(54)49-60(55,56)36-14-12-11-13-30(36)46-37(50)15-9-7-6-8-10-16-38(51)52)48-39(53)33-20-28(23-43-33)58-35-21-32(34-24-59-41(47-34)44-25(2)3)45-31-19-27(57-4)17-18-29(31)35/h5,11-14,17-19,21,24-26,28,33,43H,1,6-10,15-16,20,22-23H2,2-4H3,(H,44,47)(H,46,50)(H,48,53)(H,49,54)(H,51,52)/t26-,28-,33+,42-/m1/s1. The van der Waals surface area contributed by atoms with Crippen LogP contribution < -0.4 is 35.5 Å². The Morgan fingerprint density at radius 3 is 2.50 bits per heavy atom. The number of amides is 3. The number of nitrogens with zero attached hydrogens (tertiary/aromatic N) is 2. The van der Waals surface area contributed by atoms with E-state index in [-0.39, 0.29) is 42.3 Å². The number of aliphatic carboxylic acids is 1. The zero-order valence-corrected chi connectivity index (χ0v) is 35.4. The van der Waals surface area contributed by atoms with Crippen molar-refractivity contribution in [3.05, 3.63) is 66.6 Å². The molecule has 2 aromatic heterocycles. The molecule has 0 unspecified atom stereocenters. The van der Waals surface area contributed by atoms with Crippen LogP contribution in [0.25, 0.3) is 22.3 Å². The number of carboxylic acids is 1. The number of hydrogen-bond donors (Lipinski definition) is 6. The summed E-state index contributed by atoms with van der Waals surface area (Å²) in [6.07, 6.45) is 5.05. The highest BCUT2D eigenvalue weighted by Crippen LogP contribution is 2.45. The van der Waals surface area contributed by atoms with E-state index in [2.05, 4.69) is 32.6 Å². The number of fused-ring (bicyclic) bond motifs is 1. The molecule has 18 heteroatoms. The van der Waals surface area contributed by atoms with Crippen LogP contribution in [0.4, 0.5) is 10.8 Å². The molecule has 0 radical (unpaired) electrons. The zero-order chi connectivity index (χ0) is 43.0. The Hall–Kier alpha value is -5.59. The molecule has 16 nitrogen and oxygen atoms in total. The molecule has 1 saturated heterocycles. The maximum atomic E-state index is 13.8.